The molecular weight excluding hydrogens is 943 g/mol. The second-order valence-electron chi connectivity index (χ2n) is 21.2. The fourth-order valence-corrected chi connectivity index (χ4v) is 11.9. The predicted molar refractivity (Wildman–Crippen MR) is 331 cm³/mol. The minimum atomic E-state index is -0.235. The molecule has 0 atom stereocenters. The van der Waals surface area contributed by atoms with Gasteiger partial charge in [0.2, 0.25) is 0 Å². The number of fused-ring (bicyclic) bond motifs is 9. The van der Waals surface area contributed by atoms with E-state index in [2.05, 4.69) is 273 Å². The Labute approximate surface area is 457 Å². The second kappa shape index (κ2) is 20.1. The number of nitrogens with zero attached hydrogens (tertiary/aromatic N) is 2. The van der Waals surface area contributed by atoms with E-state index in [0.29, 0.717) is 0 Å². The molecule has 1 aliphatic rings. The van der Waals surface area contributed by atoms with Gasteiger partial charge >= 0.3 is 0 Å². The Balaban J connectivity index is 0.000000769. The fraction of sp³-hybridized carbons (Fsp3) is 0.0667. The molecule has 0 saturated carbocycles. The third kappa shape index (κ3) is 8.79. The van der Waals surface area contributed by atoms with Gasteiger partial charge in [-0.2, -0.15) is 0 Å². The van der Waals surface area contributed by atoms with Crippen LogP contribution in [0, 0.1) is 6.92 Å². The van der Waals surface area contributed by atoms with E-state index in [-0.39, 0.29) is 5.41 Å². The number of aryl methyl sites for hydroxylation is 1. The number of nitrogens with two attached hydrogens (primary N) is 1. The molecule has 0 aliphatic heterocycles. The summed E-state index contributed by atoms with van der Waals surface area (Å²) < 4.78 is 4.82. The van der Waals surface area contributed by atoms with Crippen LogP contribution < -0.4 is 5.73 Å². The highest BCUT2D eigenvalue weighted by Crippen LogP contribution is 2.51. The molecule has 78 heavy (non-hydrogen) atoms. The van der Waals surface area contributed by atoms with Crippen molar-refractivity contribution >= 4 is 54.9 Å². The number of allylic oxidation sites excluding steroid dienone is 3. The van der Waals surface area contributed by atoms with Crippen molar-refractivity contribution in [3.63, 3.8) is 0 Å². The maximum absolute atomic E-state index is 6.80. The lowest BCUT2D eigenvalue weighted by Crippen LogP contribution is -2.15. The standard InChI is InChI=1S/C68H51N3.C7H8/c1-68(2)61-42-51(52(27-26-45-16-6-3-7-17-45)43-63(69)48-18-8-4-9-19-48)32-36-55(61)56-37-35-54(44-62(56)68)71-65-25-15-13-23-58(65)60-41-50(34-39-67(60)71)47-30-28-46(29-31-47)49-33-38-66-59(40-49)57-22-12-14-24-64(57)70(66)53-20-10-5-11-21-53;1-7-5-3-2-4-6-7/h3-25,27-44H,26,69H2,1-2H3;2-6H,1H3/b52-27+,63-43-;. The van der Waals surface area contributed by atoms with Crippen LogP contribution in [0.15, 0.2) is 279 Å². The third-order valence-corrected chi connectivity index (χ3v) is 15.9. The summed E-state index contributed by atoms with van der Waals surface area (Å²) in [7, 11) is 0. The molecule has 0 bridgehead atoms. The first-order valence-electron chi connectivity index (χ1n) is 27.1. The summed E-state index contributed by atoms with van der Waals surface area (Å²) in [6.07, 6.45) is 5.27. The Hall–Kier alpha value is -9.70. The number of rotatable bonds is 9. The van der Waals surface area contributed by atoms with E-state index in [4.69, 9.17) is 5.73 Å². The Morgan fingerprint density at radius 3 is 1.42 bits per heavy atom. The molecule has 374 valence electrons. The maximum atomic E-state index is 6.80. The topological polar surface area (TPSA) is 35.9 Å². The molecule has 0 fully saturated rings. The normalized spacial score (nSPS) is 12.9. The van der Waals surface area contributed by atoms with Gasteiger partial charge in [0.15, 0.2) is 0 Å². The zero-order valence-corrected chi connectivity index (χ0v) is 44.2. The Bertz CT molecular complexity index is 4400. The highest BCUT2D eigenvalue weighted by molar-refractivity contribution is 6.12. The summed E-state index contributed by atoms with van der Waals surface area (Å²) >= 11 is 0. The van der Waals surface area contributed by atoms with Gasteiger partial charge < -0.3 is 14.9 Å². The minimum Gasteiger partial charge on any atom is -0.398 e. The molecule has 0 spiro atoms. The largest absolute Gasteiger partial charge is 0.398 e. The monoisotopic (exact) mass is 1000 g/mol. The van der Waals surface area contributed by atoms with E-state index in [1.807, 2.05) is 36.4 Å². The molecule has 0 saturated heterocycles. The maximum Gasteiger partial charge on any atom is 0.0541 e. The molecule has 2 aromatic heterocycles. The number of aromatic nitrogens is 2. The van der Waals surface area contributed by atoms with Gasteiger partial charge in [-0.3, -0.25) is 0 Å². The van der Waals surface area contributed by atoms with Gasteiger partial charge in [0, 0.05) is 44.0 Å². The van der Waals surface area contributed by atoms with Gasteiger partial charge in [-0.15, -0.1) is 0 Å². The van der Waals surface area contributed by atoms with E-state index in [1.54, 1.807) is 0 Å². The molecule has 13 aromatic rings. The summed E-state index contributed by atoms with van der Waals surface area (Å²) in [5.74, 6) is 0. The molecule has 0 radical (unpaired) electrons. The Kier molecular flexibility index (Phi) is 12.4. The predicted octanol–water partition coefficient (Wildman–Crippen LogP) is 19.1. The lowest BCUT2D eigenvalue weighted by atomic mass is 9.81. The minimum absolute atomic E-state index is 0.235. The number of hydrogen-bond donors (Lipinski definition) is 1. The molecule has 0 amide bonds. The first-order chi connectivity index (χ1) is 38.3. The van der Waals surface area contributed by atoms with Crippen molar-refractivity contribution in [3.8, 4) is 44.8 Å². The first-order valence-corrected chi connectivity index (χ1v) is 27.1. The van der Waals surface area contributed by atoms with Crippen molar-refractivity contribution < 1.29 is 0 Å². The number of benzene rings is 11. The third-order valence-electron chi connectivity index (χ3n) is 15.9. The van der Waals surface area contributed by atoms with Gasteiger partial charge in [-0.05, 0) is 153 Å². The zero-order valence-electron chi connectivity index (χ0n) is 44.2. The van der Waals surface area contributed by atoms with Crippen LogP contribution in [0.4, 0.5) is 0 Å². The quantitative estimate of drug-likeness (QED) is 0.144. The van der Waals surface area contributed by atoms with Crippen LogP contribution in [0.2, 0.25) is 0 Å². The van der Waals surface area contributed by atoms with Crippen LogP contribution in [0.5, 0.6) is 0 Å². The van der Waals surface area contributed by atoms with Crippen LogP contribution >= 0.6 is 0 Å². The van der Waals surface area contributed by atoms with Crippen LogP contribution in [0.1, 0.15) is 47.2 Å². The van der Waals surface area contributed by atoms with Crippen molar-refractivity contribution in [2.24, 2.45) is 5.73 Å². The first kappa shape index (κ1) is 48.0. The average molecular weight is 1000 g/mol. The highest BCUT2D eigenvalue weighted by Gasteiger charge is 2.36. The van der Waals surface area contributed by atoms with E-state index in [9.17, 15) is 0 Å². The summed E-state index contributed by atoms with van der Waals surface area (Å²) in [5.41, 5.74) is 30.4. The lowest BCUT2D eigenvalue weighted by Gasteiger charge is -2.23. The van der Waals surface area contributed by atoms with Crippen molar-refractivity contribution in [2.75, 3.05) is 0 Å². The van der Waals surface area contributed by atoms with Gasteiger partial charge in [-0.1, -0.05) is 226 Å². The summed E-state index contributed by atoms with van der Waals surface area (Å²) in [5, 5.41) is 5.01. The van der Waals surface area contributed by atoms with Crippen molar-refractivity contribution in [1.29, 1.82) is 0 Å². The van der Waals surface area contributed by atoms with Crippen molar-refractivity contribution in [1.82, 2.24) is 9.13 Å². The van der Waals surface area contributed by atoms with Crippen LogP contribution in [0.3, 0.4) is 0 Å². The Morgan fingerprint density at radius 1 is 0.397 bits per heavy atom. The average Bonchev–Trinajstić information content (AvgIpc) is 4.20. The van der Waals surface area contributed by atoms with Gasteiger partial charge in [0.05, 0.1) is 22.1 Å². The molecule has 2 heterocycles. The second-order valence-corrected chi connectivity index (χ2v) is 21.2. The van der Waals surface area contributed by atoms with Gasteiger partial charge in [-0.25, -0.2) is 0 Å². The summed E-state index contributed by atoms with van der Waals surface area (Å²) in [6, 6.07) is 96.4. The van der Waals surface area contributed by atoms with Crippen molar-refractivity contribution in [3.05, 3.63) is 312 Å². The van der Waals surface area contributed by atoms with E-state index in [0.717, 1.165) is 28.8 Å². The lowest BCUT2D eigenvalue weighted by molar-refractivity contribution is 0.659. The van der Waals surface area contributed by atoms with Gasteiger partial charge in [0.1, 0.15) is 0 Å². The van der Waals surface area contributed by atoms with E-state index in [1.165, 1.54) is 111 Å². The number of hydrogen-bond acceptors (Lipinski definition) is 1. The molecule has 3 heteroatoms. The Morgan fingerprint density at radius 2 is 0.859 bits per heavy atom. The number of para-hydroxylation sites is 3. The fourth-order valence-electron chi connectivity index (χ4n) is 11.9. The zero-order chi connectivity index (χ0) is 52.7. The SMILES string of the molecule is CC1(C)c2cc(C(/C=C(\N)c3ccccc3)=C/Cc3ccccc3)ccc2-c2ccc(-n3c4ccccc4c4cc(-c5ccc(-c6ccc7c(c6)c6ccccc6n7-c6ccccc6)cc5)ccc43)cc21.Cc1ccccc1. The molecule has 0 unspecified atom stereocenters. The summed E-state index contributed by atoms with van der Waals surface area (Å²) in [6.45, 7) is 6.83. The molecule has 1 aliphatic carbocycles. The molecule has 14 rings (SSSR count). The van der Waals surface area contributed by atoms with Crippen LogP contribution in [-0.4, -0.2) is 9.13 Å². The highest BCUT2D eigenvalue weighted by atomic mass is 15.0. The van der Waals surface area contributed by atoms with E-state index >= 15 is 0 Å². The molecule has 3 nitrogen and oxygen atoms in total. The molecule has 2 N–H and O–H groups in total. The molecular formula is C75H59N3. The smallest absolute Gasteiger partial charge is 0.0541 e. The van der Waals surface area contributed by atoms with Gasteiger partial charge in [0.25, 0.3) is 0 Å². The molecule has 11 aromatic carbocycles. The van der Waals surface area contributed by atoms with E-state index < -0.39 is 0 Å². The summed E-state index contributed by atoms with van der Waals surface area (Å²) in [4.78, 5) is 0. The van der Waals surface area contributed by atoms with Crippen molar-refractivity contribution in [2.45, 2.75) is 32.6 Å². The van der Waals surface area contributed by atoms with Crippen LogP contribution in [0.25, 0.3) is 99.6 Å². The van der Waals surface area contributed by atoms with Crippen LogP contribution in [-0.2, 0) is 11.8 Å².